The van der Waals surface area contributed by atoms with Crippen LogP contribution >= 0.6 is 15.9 Å². The first kappa shape index (κ1) is 20.0. The highest BCUT2D eigenvalue weighted by Gasteiger charge is 2.10. The topological polar surface area (TPSA) is 107 Å². The Balaban J connectivity index is 1.44. The maximum Gasteiger partial charge on any atom is 0.308 e. The van der Waals surface area contributed by atoms with Crippen LogP contribution in [0.2, 0.25) is 0 Å². The van der Waals surface area contributed by atoms with Gasteiger partial charge in [0.1, 0.15) is 12.4 Å². The fourth-order valence-electron chi connectivity index (χ4n) is 3.14. The van der Waals surface area contributed by atoms with E-state index in [4.69, 9.17) is 4.74 Å². The molecule has 30 heavy (non-hydrogen) atoms. The third kappa shape index (κ3) is 4.02. The molecule has 0 aliphatic heterocycles. The average molecular weight is 469 g/mol. The zero-order valence-electron chi connectivity index (χ0n) is 16.0. The van der Waals surface area contributed by atoms with Crippen LogP contribution in [0.3, 0.4) is 0 Å². The molecule has 0 unspecified atom stereocenters. The van der Waals surface area contributed by atoms with E-state index >= 15 is 0 Å². The Bertz CT molecular complexity index is 1390. The molecular formula is C21H17BrN4O4. The fourth-order valence-corrected chi connectivity index (χ4v) is 3.50. The molecular weight excluding hydrogens is 452 g/mol. The standard InChI is InChI=1S/C21H17BrN4O4/c1-12-3-2-4-14-19(12)24-17(25-20(14)28)10-30-18(27)7-8-26-11-23-16-6-5-13(22)9-15(16)21(26)29/h2-6,9,11H,7-8,10H2,1H3,(H,24,25,28). The van der Waals surface area contributed by atoms with Crippen LogP contribution in [0.25, 0.3) is 21.8 Å². The van der Waals surface area contributed by atoms with Crippen molar-refractivity contribution in [3.05, 3.63) is 79.3 Å². The lowest BCUT2D eigenvalue weighted by atomic mass is 10.1. The Hall–Kier alpha value is -3.33. The number of aromatic nitrogens is 4. The van der Waals surface area contributed by atoms with Crippen LogP contribution in [0.4, 0.5) is 0 Å². The molecule has 152 valence electrons. The molecule has 2 heterocycles. The van der Waals surface area contributed by atoms with Crippen molar-refractivity contribution in [1.82, 2.24) is 19.5 Å². The second kappa shape index (κ2) is 8.19. The monoisotopic (exact) mass is 468 g/mol. The van der Waals surface area contributed by atoms with Crippen molar-refractivity contribution in [3.8, 4) is 0 Å². The quantitative estimate of drug-likeness (QED) is 0.451. The van der Waals surface area contributed by atoms with Crippen molar-refractivity contribution in [2.75, 3.05) is 0 Å². The van der Waals surface area contributed by atoms with Gasteiger partial charge in [-0.15, -0.1) is 0 Å². The summed E-state index contributed by atoms with van der Waals surface area (Å²) in [6, 6.07) is 10.6. The number of rotatable bonds is 5. The van der Waals surface area contributed by atoms with Gasteiger partial charge in [-0.1, -0.05) is 28.1 Å². The maximum atomic E-state index is 12.6. The van der Waals surface area contributed by atoms with Crippen LogP contribution < -0.4 is 11.1 Å². The summed E-state index contributed by atoms with van der Waals surface area (Å²) in [5.74, 6) is -0.242. The predicted octanol–water partition coefficient (Wildman–Crippen LogP) is 2.84. The first-order chi connectivity index (χ1) is 14.4. The van der Waals surface area contributed by atoms with Crippen LogP contribution in [0, 0.1) is 6.92 Å². The molecule has 0 bridgehead atoms. The molecule has 0 spiro atoms. The van der Waals surface area contributed by atoms with Gasteiger partial charge < -0.3 is 9.72 Å². The number of ether oxygens (including phenoxy) is 1. The Morgan fingerprint density at radius 2 is 2.03 bits per heavy atom. The van der Waals surface area contributed by atoms with E-state index in [1.54, 1.807) is 24.3 Å². The SMILES string of the molecule is Cc1cccc2c(=O)[nH]c(COC(=O)CCn3cnc4ccc(Br)cc4c3=O)nc12. The zero-order valence-corrected chi connectivity index (χ0v) is 17.6. The molecule has 0 atom stereocenters. The maximum absolute atomic E-state index is 12.6. The molecule has 8 nitrogen and oxygen atoms in total. The van der Waals surface area contributed by atoms with E-state index in [0.717, 1.165) is 10.0 Å². The summed E-state index contributed by atoms with van der Waals surface area (Å²) in [4.78, 5) is 48.2. The molecule has 0 aliphatic carbocycles. The van der Waals surface area contributed by atoms with E-state index in [-0.39, 0.29) is 36.5 Å². The largest absolute Gasteiger partial charge is 0.457 e. The van der Waals surface area contributed by atoms with Gasteiger partial charge in [-0.2, -0.15) is 0 Å². The summed E-state index contributed by atoms with van der Waals surface area (Å²) in [5.41, 5.74) is 1.51. The minimum atomic E-state index is -0.510. The number of benzene rings is 2. The summed E-state index contributed by atoms with van der Waals surface area (Å²) in [6.45, 7) is 1.84. The fraction of sp³-hybridized carbons (Fsp3) is 0.190. The molecule has 4 rings (SSSR count). The van der Waals surface area contributed by atoms with Gasteiger partial charge in [0.15, 0.2) is 0 Å². The van der Waals surface area contributed by atoms with E-state index in [9.17, 15) is 14.4 Å². The van der Waals surface area contributed by atoms with Gasteiger partial charge >= 0.3 is 5.97 Å². The Morgan fingerprint density at radius 3 is 2.87 bits per heavy atom. The lowest BCUT2D eigenvalue weighted by Gasteiger charge is -2.08. The number of fused-ring (bicyclic) bond motifs is 2. The molecule has 0 aliphatic rings. The lowest BCUT2D eigenvalue weighted by molar-refractivity contribution is -0.145. The number of carbonyl (C=O) groups excluding carboxylic acids is 1. The van der Waals surface area contributed by atoms with Gasteiger partial charge in [-0.25, -0.2) is 9.97 Å². The summed E-state index contributed by atoms with van der Waals surface area (Å²) in [6.07, 6.45) is 1.40. The second-order valence-electron chi connectivity index (χ2n) is 6.80. The number of H-pyrrole nitrogens is 1. The molecule has 1 N–H and O–H groups in total. The molecule has 4 aromatic rings. The van der Waals surface area contributed by atoms with Crippen molar-refractivity contribution < 1.29 is 9.53 Å². The summed E-state index contributed by atoms with van der Waals surface area (Å²) < 4.78 is 7.37. The Kier molecular flexibility index (Phi) is 5.45. The van der Waals surface area contributed by atoms with Gasteiger partial charge in [0.2, 0.25) is 0 Å². The number of hydrogen-bond donors (Lipinski definition) is 1. The molecule has 0 saturated carbocycles. The van der Waals surface area contributed by atoms with Crippen molar-refractivity contribution in [3.63, 3.8) is 0 Å². The minimum Gasteiger partial charge on any atom is -0.457 e. The number of halogens is 1. The van der Waals surface area contributed by atoms with E-state index in [1.165, 1.54) is 10.9 Å². The number of aromatic amines is 1. The minimum absolute atomic E-state index is 0.0159. The van der Waals surface area contributed by atoms with Gasteiger partial charge in [-0.05, 0) is 36.8 Å². The highest BCUT2D eigenvalue weighted by atomic mass is 79.9. The molecule has 2 aromatic heterocycles. The van der Waals surface area contributed by atoms with Crippen molar-refractivity contribution in [1.29, 1.82) is 0 Å². The number of hydrogen-bond acceptors (Lipinski definition) is 6. The Labute approximate surface area is 178 Å². The van der Waals surface area contributed by atoms with E-state index in [0.29, 0.717) is 21.8 Å². The van der Waals surface area contributed by atoms with Crippen molar-refractivity contribution in [2.24, 2.45) is 0 Å². The summed E-state index contributed by atoms with van der Waals surface area (Å²) >= 11 is 3.34. The van der Waals surface area contributed by atoms with Crippen LogP contribution in [-0.4, -0.2) is 25.5 Å². The molecule has 0 fully saturated rings. The average Bonchev–Trinajstić information content (AvgIpc) is 2.73. The number of esters is 1. The number of nitrogens with zero attached hydrogens (tertiary/aromatic N) is 3. The summed E-state index contributed by atoms with van der Waals surface area (Å²) in [5, 5.41) is 0.952. The van der Waals surface area contributed by atoms with Gasteiger partial charge in [0.25, 0.3) is 11.1 Å². The number of nitrogens with one attached hydrogen (secondary N) is 1. The third-order valence-electron chi connectivity index (χ3n) is 4.70. The highest BCUT2D eigenvalue weighted by Crippen LogP contribution is 2.15. The zero-order chi connectivity index (χ0) is 21.3. The lowest BCUT2D eigenvalue weighted by Crippen LogP contribution is -2.22. The molecule has 0 radical (unpaired) electrons. The molecule has 9 heteroatoms. The van der Waals surface area contributed by atoms with Crippen molar-refractivity contribution >= 4 is 43.7 Å². The molecule has 0 amide bonds. The van der Waals surface area contributed by atoms with Crippen molar-refractivity contribution in [2.45, 2.75) is 26.5 Å². The van der Waals surface area contributed by atoms with Crippen LogP contribution in [0.1, 0.15) is 17.8 Å². The summed E-state index contributed by atoms with van der Waals surface area (Å²) in [7, 11) is 0. The first-order valence-corrected chi connectivity index (χ1v) is 10.0. The van der Waals surface area contributed by atoms with Gasteiger partial charge in [0.05, 0.1) is 34.6 Å². The smallest absolute Gasteiger partial charge is 0.308 e. The number of carbonyl (C=O) groups is 1. The predicted molar refractivity (Wildman–Crippen MR) is 115 cm³/mol. The third-order valence-corrected chi connectivity index (χ3v) is 5.19. The van der Waals surface area contributed by atoms with Gasteiger partial charge in [-0.3, -0.25) is 19.0 Å². The van der Waals surface area contributed by atoms with Crippen LogP contribution in [0.15, 0.2) is 56.8 Å². The number of aryl methyl sites for hydroxylation is 2. The Morgan fingerprint density at radius 1 is 1.20 bits per heavy atom. The second-order valence-corrected chi connectivity index (χ2v) is 7.71. The first-order valence-electron chi connectivity index (χ1n) is 9.21. The van der Waals surface area contributed by atoms with E-state index < -0.39 is 5.97 Å². The number of para-hydroxylation sites is 1. The van der Waals surface area contributed by atoms with E-state index in [2.05, 4.69) is 30.9 Å². The van der Waals surface area contributed by atoms with E-state index in [1.807, 2.05) is 19.1 Å². The molecule has 2 aromatic carbocycles. The van der Waals surface area contributed by atoms with Gasteiger partial charge in [0, 0.05) is 11.0 Å². The van der Waals surface area contributed by atoms with Crippen LogP contribution in [-0.2, 0) is 22.7 Å². The normalized spacial score (nSPS) is 11.1. The van der Waals surface area contributed by atoms with Crippen LogP contribution in [0.5, 0.6) is 0 Å². The molecule has 0 saturated heterocycles. The highest BCUT2D eigenvalue weighted by molar-refractivity contribution is 9.10.